The molecular weight excluding hydrogens is 114 g/mol. The van der Waals surface area contributed by atoms with Crippen LogP contribution in [-0.4, -0.2) is 28.8 Å². The van der Waals surface area contributed by atoms with Crippen molar-refractivity contribution in [2.45, 2.75) is 39.0 Å². The monoisotopic (exact) mass is 129 g/mol. The topological polar surface area (TPSA) is 23.5 Å². The lowest BCUT2D eigenvalue weighted by Gasteiger charge is -2.23. The molecule has 1 fully saturated rings. The second kappa shape index (κ2) is 2.67. The molecule has 54 valence electrons. The fourth-order valence-corrected chi connectivity index (χ4v) is 1.51. The molecule has 1 rings (SSSR count). The van der Waals surface area contributed by atoms with Gasteiger partial charge in [-0.15, -0.1) is 0 Å². The Morgan fingerprint density at radius 2 is 2.33 bits per heavy atom. The van der Waals surface area contributed by atoms with Crippen molar-refractivity contribution in [1.82, 2.24) is 4.90 Å². The molecule has 0 spiro atoms. The van der Waals surface area contributed by atoms with Gasteiger partial charge in [0.25, 0.3) is 0 Å². The van der Waals surface area contributed by atoms with E-state index in [4.69, 9.17) is 5.11 Å². The van der Waals surface area contributed by atoms with Crippen molar-refractivity contribution in [2.24, 2.45) is 0 Å². The van der Waals surface area contributed by atoms with Crippen LogP contribution in [0.1, 0.15) is 26.7 Å². The van der Waals surface area contributed by atoms with E-state index in [2.05, 4.69) is 11.8 Å². The quantitative estimate of drug-likeness (QED) is 0.566. The number of rotatable bonds is 1. The number of aliphatic hydroxyl groups excluding tert-OH is 1. The second-order valence-corrected chi connectivity index (χ2v) is 2.86. The lowest BCUT2D eigenvalue weighted by Crippen LogP contribution is -2.35. The molecule has 0 aliphatic carbocycles. The van der Waals surface area contributed by atoms with Gasteiger partial charge in [-0.1, -0.05) is 0 Å². The molecule has 0 amide bonds. The molecular formula is C7H15NO. The Balaban J connectivity index is 2.40. The highest BCUT2D eigenvalue weighted by Crippen LogP contribution is 2.17. The molecule has 1 heterocycles. The fraction of sp³-hybridized carbons (Fsp3) is 1.00. The number of nitrogens with zero attached hydrogens (tertiary/aromatic N) is 1. The highest BCUT2D eigenvalue weighted by atomic mass is 16.3. The van der Waals surface area contributed by atoms with Crippen LogP contribution in [0.3, 0.4) is 0 Å². The summed E-state index contributed by atoms with van der Waals surface area (Å²) in [7, 11) is 0. The Kier molecular flexibility index (Phi) is 2.09. The molecule has 0 aromatic carbocycles. The van der Waals surface area contributed by atoms with Crippen molar-refractivity contribution in [3.63, 3.8) is 0 Å². The van der Waals surface area contributed by atoms with Gasteiger partial charge in [-0.25, -0.2) is 0 Å². The average molecular weight is 129 g/mol. The van der Waals surface area contributed by atoms with Gasteiger partial charge in [-0.3, -0.25) is 4.90 Å². The molecule has 1 aliphatic rings. The van der Waals surface area contributed by atoms with E-state index in [0.29, 0.717) is 6.04 Å². The van der Waals surface area contributed by atoms with Gasteiger partial charge in [0.2, 0.25) is 0 Å². The van der Waals surface area contributed by atoms with E-state index in [1.807, 2.05) is 6.92 Å². The normalized spacial score (nSPS) is 33.0. The summed E-state index contributed by atoms with van der Waals surface area (Å²) in [5.74, 6) is 0. The molecule has 1 saturated heterocycles. The molecule has 2 atom stereocenters. The molecule has 0 aromatic rings. The Bertz CT molecular complexity index is 92.9. The van der Waals surface area contributed by atoms with Crippen LogP contribution in [0.5, 0.6) is 0 Å². The van der Waals surface area contributed by atoms with Crippen LogP contribution in [0, 0.1) is 0 Å². The minimum atomic E-state index is -0.248. The molecule has 1 N–H and O–H groups in total. The zero-order valence-corrected chi connectivity index (χ0v) is 6.17. The van der Waals surface area contributed by atoms with Crippen LogP contribution in [0.2, 0.25) is 0 Å². The Labute approximate surface area is 56.5 Å². The molecule has 9 heavy (non-hydrogen) atoms. The third-order valence-electron chi connectivity index (χ3n) is 2.08. The summed E-state index contributed by atoms with van der Waals surface area (Å²) >= 11 is 0. The molecule has 2 heteroatoms. The Morgan fingerprint density at radius 1 is 1.67 bits per heavy atom. The van der Waals surface area contributed by atoms with Crippen LogP contribution >= 0.6 is 0 Å². The first-order valence-corrected chi connectivity index (χ1v) is 3.65. The Morgan fingerprint density at radius 3 is 2.56 bits per heavy atom. The van der Waals surface area contributed by atoms with Gasteiger partial charge in [-0.2, -0.15) is 0 Å². The number of aliphatic hydroxyl groups is 1. The number of hydrogen-bond donors (Lipinski definition) is 1. The molecule has 0 radical (unpaired) electrons. The fourth-order valence-electron chi connectivity index (χ4n) is 1.51. The summed E-state index contributed by atoms with van der Waals surface area (Å²) < 4.78 is 0. The van der Waals surface area contributed by atoms with Crippen molar-refractivity contribution in [3.05, 3.63) is 0 Å². The summed E-state index contributed by atoms with van der Waals surface area (Å²) in [6.45, 7) is 5.07. The van der Waals surface area contributed by atoms with E-state index in [1.54, 1.807) is 0 Å². The van der Waals surface area contributed by atoms with Gasteiger partial charge in [0.05, 0.1) is 0 Å². The van der Waals surface area contributed by atoms with Gasteiger partial charge in [0.15, 0.2) is 0 Å². The van der Waals surface area contributed by atoms with E-state index in [1.165, 1.54) is 12.8 Å². The van der Waals surface area contributed by atoms with E-state index in [-0.39, 0.29) is 6.23 Å². The standard InChI is InChI=1S/C7H15NO/c1-6-4-3-5-8(6)7(2)9/h6-7,9H,3-5H2,1-2H3/t6-,7-/m0/s1. The molecule has 0 unspecified atom stereocenters. The van der Waals surface area contributed by atoms with E-state index in [9.17, 15) is 0 Å². The highest BCUT2D eigenvalue weighted by Gasteiger charge is 2.22. The lowest BCUT2D eigenvalue weighted by atomic mass is 10.2. The van der Waals surface area contributed by atoms with Gasteiger partial charge in [0.1, 0.15) is 6.23 Å². The summed E-state index contributed by atoms with van der Waals surface area (Å²) in [4.78, 5) is 2.12. The van der Waals surface area contributed by atoms with Gasteiger partial charge >= 0.3 is 0 Å². The van der Waals surface area contributed by atoms with Gasteiger partial charge in [-0.05, 0) is 26.7 Å². The smallest absolute Gasteiger partial charge is 0.104 e. The maximum absolute atomic E-state index is 9.15. The van der Waals surface area contributed by atoms with Gasteiger partial charge in [0, 0.05) is 12.6 Å². The van der Waals surface area contributed by atoms with Crippen LogP contribution < -0.4 is 0 Å². The first kappa shape index (κ1) is 7.03. The zero-order chi connectivity index (χ0) is 6.85. The first-order valence-electron chi connectivity index (χ1n) is 3.65. The first-order chi connectivity index (χ1) is 4.22. The minimum absolute atomic E-state index is 0.248. The predicted octanol–water partition coefficient (Wildman–Crippen LogP) is 0.809. The van der Waals surface area contributed by atoms with Crippen LogP contribution in [0.25, 0.3) is 0 Å². The van der Waals surface area contributed by atoms with Crippen molar-refractivity contribution < 1.29 is 5.11 Å². The summed E-state index contributed by atoms with van der Waals surface area (Å²) in [5, 5.41) is 9.15. The van der Waals surface area contributed by atoms with E-state index in [0.717, 1.165) is 6.54 Å². The molecule has 0 aromatic heterocycles. The third-order valence-corrected chi connectivity index (χ3v) is 2.08. The molecule has 2 nitrogen and oxygen atoms in total. The summed E-state index contributed by atoms with van der Waals surface area (Å²) in [5.41, 5.74) is 0. The third kappa shape index (κ3) is 1.43. The van der Waals surface area contributed by atoms with Crippen molar-refractivity contribution in [2.75, 3.05) is 6.54 Å². The maximum atomic E-state index is 9.15. The van der Waals surface area contributed by atoms with E-state index < -0.39 is 0 Å². The summed E-state index contributed by atoms with van der Waals surface area (Å²) in [6.07, 6.45) is 2.24. The summed E-state index contributed by atoms with van der Waals surface area (Å²) in [6, 6.07) is 0.588. The average Bonchev–Trinajstić information content (AvgIpc) is 2.13. The SMILES string of the molecule is C[C@H](O)N1CCC[C@@H]1C. The number of hydrogen-bond acceptors (Lipinski definition) is 2. The van der Waals surface area contributed by atoms with Crippen molar-refractivity contribution >= 4 is 0 Å². The Hall–Kier alpha value is -0.0800. The van der Waals surface area contributed by atoms with Crippen molar-refractivity contribution in [1.29, 1.82) is 0 Å². The molecule has 0 saturated carbocycles. The largest absolute Gasteiger partial charge is 0.379 e. The highest BCUT2D eigenvalue weighted by molar-refractivity contribution is 4.74. The van der Waals surface area contributed by atoms with Gasteiger partial charge < -0.3 is 5.11 Å². The predicted molar refractivity (Wildman–Crippen MR) is 37.1 cm³/mol. The van der Waals surface area contributed by atoms with Crippen LogP contribution in [-0.2, 0) is 0 Å². The molecule has 1 aliphatic heterocycles. The van der Waals surface area contributed by atoms with Crippen LogP contribution in [0.15, 0.2) is 0 Å². The van der Waals surface area contributed by atoms with E-state index >= 15 is 0 Å². The number of likely N-dealkylation sites (tertiary alicyclic amines) is 1. The maximum Gasteiger partial charge on any atom is 0.104 e. The second-order valence-electron chi connectivity index (χ2n) is 2.86. The molecule has 0 bridgehead atoms. The zero-order valence-electron chi connectivity index (χ0n) is 6.17. The minimum Gasteiger partial charge on any atom is -0.379 e. The van der Waals surface area contributed by atoms with Crippen molar-refractivity contribution in [3.8, 4) is 0 Å². The van der Waals surface area contributed by atoms with Crippen LogP contribution in [0.4, 0.5) is 0 Å². The lowest BCUT2D eigenvalue weighted by molar-refractivity contribution is 0.0144.